The molecule has 0 saturated heterocycles. The second kappa shape index (κ2) is 3.51. The predicted octanol–water partition coefficient (Wildman–Crippen LogP) is 3.49. The van der Waals surface area contributed by atoms with Crippen LogP contribution < -0.4 is 4.74 Å². The molecule has 1 nitrogen and oxygen atoms in total. The Kier molecular flexibility index (Phi) is 2.15. The molecule has 2 aliphatic carbocycles. The molecule has 0 unspecified atom stereocenters. The van der Waals surface area contributed by atoms with Gasteiger partial charge in [-0.1, -0.05) is 6.07 Å². The van der Waals surface area contributed by atoms with Crippen LogP contribution in [-0.2, 0) is 0 Å². The molecule has 1 aromatic rings. The van der Waals surface area contributed by atoms with Crippen molar-refractivity contribution >= 4 is 0 Å². The van der Waals surface area contributed by atoms with E-state index in [4.69, 9.17) is 4.74 Å². The Morgan fingerprint density at radius 1 is 1.20 bits per heavy atom. The zero-order valence-electron chi connectivity index (χ0n) is 8.71. The minimum atomic E-state index is -0.222. The maximum absolute atomic E-state index is 13.4. The zero-order valence-corrected chi connectivity index (χ0v) is 8.71. The van der Waals surface area contributed by atoms with Crippen LogP contribution in [0.4, 0.5) is 4.39 Å². The van der Waals surface area contributed by atoms with E-state index < -0.39 is 0 Å². The van der Waals surface area contributed by atoms with Crippen LogP contribution in [0.5, 0.6) is 5.75 Å². The topological polar surface area (TPSA) is 9.23 Å². The summed E-state index contributed by atoms with van der Waals surface area (Å²) in [6.45, 7) is 0.686. The van der Waals surface area contributed by atoms with Gasteiger partial charge in [0.05, 0.1) is 6.61 Å². The number of benzene rings is 1. The van der Waals surface area contributed by atoms with Gasteiger partial charge in [0.25, 0.3) is 0 Å². The van der Waals surface area contributed by atoms with E-state index in [1.807, 2.05) is 12.1 Å². The molecular weight excluding hydrogens is 191 g/mol. The van der Waals surface area contributed by atoms with Gasteiger partial charge in [0.15, 0.2) is 11.6 Å². The highest BCUT2D eigenvalue weighted by Crippen LogP contribution is 2.41. The van der Waals surface area contributed by atoms with Crippen molar-refractivity contribution in [3.8, 4) is 5.75 Å². The summed E-state index contributed by atoms with van der Waals surface area (Å²) in [6, 6.07) is 5.31. The number of halogens is 1. The highest BCUT2D eigenvalue weighted by atomic mass is 19.1. The molecule has 1 aromatic carbocycles. The van der Waals surface area contributed by atoms with Crippen molar-refractivity contribution in [2.24, 2.45) is 5.92 Å². The van der Waals surface area contributed by atoms with Crippen molar-refractivity contribution in [1.29, 1.82) is 0 Å². The molecule has 0 bridgehead atoms. The summed E-state index contributed by atoms with van der Waals surface area (Å²) in [4.78, 5) is 0. The van der Waals surface area contributed by atoms with E-state index in [0.29, 0.717) is 24.2 Å². The van der Waals surface area contributed by atoms with Gasteiger partial charge in [0, 0.05) is 0 Å². The fourth-order valence-corrected chi connectivity index (χ4v) is 1.79. The van der Waals surface area contributed by atoms with Crippen molar-refractivity contribution in [2.45, 2.75) is 31.6 Å². The molecule has 0 amide bonds. The van der Waals surface area contributed by atoms with E-state index in [2.05, 4.69) is 0 Å². The third-order valence-electron chi connectivity index (χ3n) is 3.18. The average molecular weight is 206 g/mol. The van der Waals surface area contributed by atoms with E-state index in [0.717, 1.165) is 0 Å². The number of hydrogen-bond donors (Lipinski definition) is 0. The lowest BCUT2D eigenvalue weighted by atomic mass is 10.1. The van der Waals surface area contributed by atoms with Crippen molar-refractivity contribution in [3.05, 3.63) is 29.6 Å². The second-order valence-corrected chi connectivity index (χ2v) is 4.72. The monoisotopic (exact) mass is 206 g/mol. The normalized spacial score (nSPS) is 20.3. The highest BCUT2D eigenvalue weighted by Gasteiger charge is 2.25. The molecule has 2 fully saturated rings. The van der Waals surface area contributed by atoms with Gasteiger partial charge in [-0.05, 0) is 55.2 Å². The van der Waals surface area contributed by atoms with Gasteiger partial charge >= 0.3 is 0 Å². The van der Waals surface area contributed by atoms with Crippen molar-refractivity contribution in [2.75, 3.05) is 6.61 Å². The van der Waals surface area contributed by atoms with Gasteiger partial charge in [0.1, 0.15) is 0 Å². The van der Waals surface area contributed by atoms with Gasteiger partial charge in [-0.3, -0.25) is 0 Å². The van der Waals surface area contributed by atoms with Gasteiger partial charge in [-0.25, -0.2) is 4.39 Å². The van der Waals surface area contributed by atoms with Crippen LogP contribution in [0.15, 0.2) is 18.2 Å². The molecule has 0 spiro atoms. The minimum absolute atomic E-state index is 0.222. The lowest BCUT2D eigenvalue weighted by molar-refractivity contribution is 0.285. The first-order chi connectivity index (χ1) is 7.33. The summed E-state index contributed by atoms with van der Waals surface area (Å²) in [6.07, 6.45) is 4.97. The number of rotatable bonds is 4. The van der Waals surface area contributed by atoms with Crippen LogP contribution >= 0.6 is 0 Å². The average Bonchev–Trinajstić information content (AvgIpc) is 3.10. The molecule has 3 rings (SSSR count). The number of ether oxygens (including phenoxy) is 1. The van der Waals surface area contributed by atoms with E-state index in [9.17, 15) is 4.39 Å². The number of hydrogen-bond acceptors (Lipinski definition) is 1. The largest absolute Gasteiger partial charge is 0.490 e. The molecule has 0 heterocycles. The Morgan fingerprint density at radius 2 is 2.00 bits per heavy atom. The summed E-state index contributed by atoms with van der Waals surface area (Å²) < 4.78 is 18.9. The lowest BCUT2D eigenvalue weighted by Crippen LogP contribution is -2.01. The summed E-state index contributed by atoms with van der Waals surface area (Å²) in [7, 11) is 0. The summed E-state index contributed by atoms with van der Waals surface area (Å²) in [5.74, 6) is 1.56. The fourth-order valence-electron chi connectivity index (χ4n) is 1.79. The quantitative estimate of drug-likeness (QED) is 0.732. The highest BCUT2D eigenvalue weighted by molar-refractivity contribution is 5.34. The molecular formula is C13H15FO. The molecule has 2 heteroatoms. The van der Waals surface area contributed by atoms with Crippen LogP contribution in [0.2, 0.25) is 0 Å². The third-order valence-corrected chi connectivity index (χ3v) is 3.18. The molecule has 0 atom stereocenters. The van der Waals surface area contributed by atoms with E-state index >= 15 is 0 Å². The summed E-state index contributed by atoms with van der Waals surface area (Å²) >= 11 is 0. The zero-order chi connectivity index (χ0) is 10.3. The van der Waals surface area contributed by atoms with Gasteiger partial charge in [-0.15, -0.1) is 0 Å². The Morgan fingerprint density at radius 3 is 2.67 bits per heavy atom. The fraction of sp³-hybridized carbons (Fsp3) is 0.538. The van der Waals surface area contributed by atoms with Gasteiger partial charge in [0.2, 0.25) is 0 Å². The summed E-state index contributed by atoms with van der Waals surface area (Å²) in [5.41, 5.74) is 1.24. The van der Waals surface area contributed by atoms with Crippen LogP contribution in [0.25, 0.3) is 0 Å². The second-order valence-electron chi connectivity index (χ2n) is 4.72. The van der Waals surface area contributed by atoms with Crippen molar-refractivity contribution in [1.82, 2.24) is 0 Å². The van der Waals surface area contributed by atoms with Gasteiger partial charge < -0.3 is 4.74 Å². The molecule has 0 aromatic heterocycles. The Balaban J connectivity index is 1.74. The summed E-state index contributed by atoms with van der Waals surface area (Å²) in [5, 5.41) is 0. The van der Waals surface area contributed by atoms with E-state index in [1.54, 1.807) is 0 Å². The minimum Gasteiger partial charge on any atom is -0.490 e. The third kappa shape index (κ3) is 2.14. The maximum atomic E-state index is 13.4. The Labute approximate surface area is 89.3 Å². The first kappa shape index (κ1) is 9.20. The molecule has 0 radical (unpaired) electrons. The first-order valence-corrected chi connectivity index (χ1v) is 5.75. The van der Waals surface area contributed by atoms with Crippen LogP contribution in [0, 0.1) is 11.7 Å². The molecule has 80 valence electrons. The molecule has 15 heavy (non-hydrogen) atoms. The smallest absolute Gasteiger partial charge is 0.165 e. The molecule has 0 N–H and O–H groups in total. The Hall–Kier alpha value is -1.05. The molecule has 2 aliphatic rings. The van der Waals surface area contributed by atoms with Crippen LogP contribution in [0.3, 0.4) is 0 Å². The van der Waals surface area contributed by atoms with Crippen molar-refractivity contribution < 1.29 is 9.13 Å². The lowest BCUT2D eigenvalue weighted by Gasteiger charge is -2.08. The van der Waals surface area contributed by atoms with Crippen molar-refractivity contribution in [3.63, 3.8) is 0 Å². The molecule has 0 aliphatic heterocycles. The predicted molar refractivity (Wildman–Crippen MR) is 56.6 cm³/mol. The van der Waals surface area contributed by atoms with E-state index in [1.165, 1.54) is 37.3 Å². The standard InChI is InChI=1S/C13H15FO/c14-12-6-5-11(10-3-4-10)7-13(12)15-8-9-1-2-9/h5-7,9-10H,1-4,8H2. The van der Waals surface area contributed by atoms with Crippen LogP contribution in [-0.4, -0.2) is 6.61 Å². The SMILES string of the molecule is Fc1ccc(C2CC2)cc1OCC1CC1. The molecule has 2 saturated carbocycles. The Bertz CT molecular complexity index is 367. The van der Waals surface area contributed by atoms with Gasteiger partial charge in [-0.2, -0.15) is 0 Å². The first-order valence-electron chi connectivity index (χ1n) is 5.75. The van der Waals surface area contributed by atoms with E-state index in [-0.39, 0.29) is 5.82 Å². The van der Waals surface area contributed by atoms with Crippen LogP contribution in [0.1, 0.15) is 37.2 Å². The maximum Gasteiger partial charge on any atom is 0.165 e.